The van der Waals surface area contributed by atoms with Crippen LogP contribution in [0, 0.1) is 6.92 Å². The molecule has 1 aromatic heterocycles. The van der Waals surface area contributed by atoms with E-state index in [0.29, 0.717) is 16.0 Å². The molecule has 6 heteroatoms. The first kappa shape index (κ1) is 14.2. The van der Waals surface area contributed by atoms with Gasteiger partial charge in [-0.1, -0.05) is 35.4 Å². The van der Waals surface area contributed by atoms with Crippen molar-refractivity contribution in [3.8, 4) is 0 Å². The molecule has 2 amide bonds. The number of aryl methyl sites for hydroxylation is 1. The summed E-state index contributed by atoms with van der Waals surface area (Å²) in [5, 5.41) is 1.05. The zero-order valence-electron chi connectivity index (χ0n) is 12.6. The summed E-state index contributed by atoms with van der Waals surface area (Å²) < 4.78 is 5.39. The first-order valence-corrected chi connectivity index (χ1v) is 7.25. The van der Waals surface area contributed by atoms with Gasteiger partial charge in [0.15, 0.2) is 0 Å². The fourth-order valence-corrected chi connectivity index (χ4v) is 2.74. The van der Waals surface area contributed by atoms with Crippen molar-refractivity contribution in [3.05, 3.63) is 71.0 Å². The van der Waals surface area contributed by atoms with Gasteiger partial charge >= 0.3 is 5.97 Å². The Kier molecular flexibility index (Phi) is 2.99. The predicted octanol–water partition coefficient (Wildman–Crippen LogP) is 3.11. The number of amides is 2. The van der Waals surface area contributed by atoms with Gasteiger partial charge in [0.25, 0.3) is 11.8 Å². The standard InChI is InChI=1S/C18H11NO5/c1-10-5-4-8-11-14(9-23-15(10)11)18(22)24-19-16(20)12-6-2-3-7-13(12)17(19)21/h2-9H,1H3. The average molecular weight is 321 g/mol. The summed E-state index contributed by atoms with van der Waals surface area (Å²) in [7, 11) is 0. The van der Waals surface area contributed by atoms with Gasteiger partial charge in [-0.3, -0.25) is 9.59 Å². The minimum Gasteiger partial charge on any atom is -0.463 e. The maximum absolute atomic E-state index is 12.4. The Bertz CT molecular complexity index is 982. The molecule has 0 fully saturated rings. The van der Waals surface area contributed by atoms with Gasteiger partial charge in [-0.2, -0.15) is 0 Å². The van der Waals surface area contributed by atoms with Crippen LogP contribution in [0.1, 0.15) is 36.6 Å². The molecule has 0 bridgehead atoms. The molecule has 0 saturated carbocycles. The lowest BCUT2D eigenvalue weighted by Crippen LogP contribution is -2.32. The lowest BCUT2D eigenvalue weighted by Gasteiger charge is -2.11. The van der Waals surface area contributed by atoms with E-state index in [-0.39, 0.29) is 16.7 Å². The Labute approximate surface area is 136 Å². The van der Waals surface area contributed by atoms with Crippen LogP contribution in [0.3, 0.4) is 0 Å². The zero-order valence-corrected chi connectivity index (χ0v) is 12.6. The van der Waals surface area contributed by atoms with Crippen molar-refractivity contribution < 1.29 is 23.6 Å². The fraction of sp³-hybridized carbons (Fsp3) is 0.0556. The van der Waals surface area contributed by atoms with Crippen molar-refractivity contribution in [2.24, 2.45) is 0 Å². The molecule has 3 aromatic rings. The number of rotatable bonds is 2. The topological polar surface area (TPSA) is 76.8 Å². The number of carbonyl (C=O) groups excluding carboxylic acids is 3. The third kappa shape index (κ3) is 1.93. The Morgan fingerprint density at radius 2 is 1.67 bits per heavy atom. The van der Waals surface area contributed by atoms with Crippen LogP contribution < -0.4 is 0 Å². The van der Waals surface area contributed by atoms with Gasteiger partial charge in [0, 0.05) is 5.39 Å². The van der Waals surface area contributed by atoms with E-state index in [0.717, 1.165) is 5.56 Å². The third-order valence-corrected chi connectivity index (χ3v) is 3.95. The molecule has 118 valence electrons. The second-order valence-electron chi connectivity index (χ2n) is 5.43. The first-order valence-electron chi connectivity index (χ1n) is 7.25. The van der Waals surface area contributed by atoms with E-state index >= 15 is 0 Å². The van der Waals surface area contributed by atoms with Crippen molar-refractivity contribution in [1.82, 2.24) is 5.06 Å². The van der Waals surface area contributed by atoms with E-state index in [9.17, 15) is 14.4 Å². The molecule has 1 aliphatic heterocycles. The summed E-state index contributed by atoms with van der Waals surface area (Å²) in [6.45, 7) is 1.85. The molecule has 0 aliphatic carbocycles. The molecule has 1 aliphatic rings. The summed E-state index contributed by atoms with van der Waals surface area (Å²) in [5.41, 5.74) is 2.01. The van der Waals surface area contributed by atoms with E-state index in [1.54, 1.807) is 24.3 Å². The number of carbonyl (C=O) groups is 3. The van der Waals surface area contributed by atoms with Gasteiger partial charge in [-0.05, 0) is 24.6 Å². The van der Waals surface area contributed by atoms with Crippen LogP contribution in [0.2, 0.25) is 0 Å². The van der Waals surface area contributed by atoms with Crippen LogP contribution in [-0.2, 0) is 4.84 Å². The minimum atomic E-state index is -0.825. The lowest BCUT2D eigenvalue weighted by molar-refractivity contribution is -0.0583. The van der Waals surface area contributed by atoms with Crippen molar-refractivity contribution in [2.75, 3.05) is 0 Å². The monoisotopic (exact) mass is 321 g/mol. The first-order chi connectivity index (χ1) is 11.6. The Morgan fingerprint density at radius 3 is 2.33 bits per heavy atom. The smallest absolute Gasteiger partial charge is 0.367 e. The molecule has 4 rings (SSSR count). The van der Waals surface area contributed by atoms with Gasteiger partial charge in [0.2, 0.25) is 0 Å². The maximum atomic E-state index is 12.4. The minimum absolute atomic E-state index is 0.158. The summed E-state index contributed by atoms with van der Waals surface area (Å²) in [4.78, 5) is 41.9. The molecular formula is C18H11NO5. The van der Waals surface area contributed by atoms with Gasteiger partial charge in [-0.15, -0.1) is 0 Å². The molecule has 0 spiro atoms. The Hall–Kier alpha value is -3.41. The SMILES string of the molecule is Cc1cccc2c(C(=O)ON3C(=O)c4ccccc4C3=O)coc12. The number of furan rings is 1. The van der Waals surface area contributed by atoms with Crippen LogP contribution in [0.5, 0.6) is 0 Å². The second kappa shape index (κ2) is 5.06. The van der Waals surface area contributed by atoms with E-state index in [2.05, 4.69) is 0 Å². The summed E-state index contributed by atoms with van der Waals surface area (Å²) >= 11 is 0. The normalized spacial score (nSPS) is 13.5. The fourth-order valence-electron chi connectivity index (χ4n) is 2.74. The number of hydrogen-bond acceptors (Lipinski definition) is 5. The van der Waals surface area contributed by atoms with Crippen LogP contribution in [-0.4, -0.2) is 22.8 Å². The van der Waals surface area contributed by atoms with E-state index in [1.165, 1.54) is 18.4 Å². The summed E-state index contributed by atoms with van der Waals surface area (Å²) in [5.74, 6) is -2.14. The Balaban J connectivity index is 1.67. The van der Waals surface area contributed by atoms with Crippen LogP contribution in [0.25, 0.3) is 11.0 Å². The van der Waals surface area contributed by atoms with Crippen LogP contribution in [0.15, 0.2) is 53.1 Å². The third-order valence-electron chi connectivity index (χ3n) is 3.95. The molecule has 0 saturated heterocycles. The van der Waals surface area contributed by atoms with Crippen LogP contribution >= 0.6 is 0 Å². The van der Waals surface area contributed by atoms with Gasteiger partial charge < -0.3 is 9.25 Å². The lowest BCUT2D eigenvalue weighted by atomic mass is 10.1. The summed E-state index contributed by atoms with van der Waals surface area (Å²) in [6, 6.07) is 11.7. The highest BCUT2D eigenvalue weighted by molar-refractivity contribution is 6.21. The quantitative estimate of drug-likeness (QED) is 0.678. The number of hydrogen-bond donors (Lipinski definition) is 0. The number of benzene rings is 2. The molecule has 2 aromatic carbocycles. The molecule has 24 heavy (non-hydrogen) atoms. The molecule has 6 nitrogen and oxygen atoms in total. The van der Waals surface area contributed by atoms with Crippen molar-refractivity contribution in [1.29, 1.82) is 0 Å². The second-order valence-corrected chi connectivity index (χ2v) is 5.43. The number of para-hydroxylation sites is 1. The van der Waals surface area contributed by atoms with Gasteiger partial charge in [-0.25, -0.2) is 4.79 Å². The van der Waals surface area contributed by atoms with Crippen molar-refractivity contribution in [3.63, 3.8) is 0 Å². The average Bonchev–Trinajstić information content (AvgIpc) is 3.12. The van der Waals surface area contributed by atoms with Gasteiger partial charge in [0.1, 0.15) is 17.4 Å². The van der Waals surface area contributed by atoms with Crippen LogP contribution in [0.4, 0.5) is 0 Å². The number of hydroxylamine groups is 2. The van der Waals surface area contributed by atoms with E-state index in [4.69, 9.17) is 9.25 Å². The molecule has 0 N–H and O–H groups in total. The molecule has 2 heterocycles. The largest absolute Gasteiger partial charge is 0.463 e. The molecule has 0 atom stereocenters. The van der Waals surface area contributed by atoms with Gasteiger partial charge in [0.05, 0.1) is 11.1 Å². The number of fused-ring (bicyclic) bond motifs is 2. The molecular weight excluding hydrogens is 310 g/mol. The number of imide groups is 1. The van der Waals surface area contributed by atoms with Crippen molar-refractivity contribution in [2.45, 2.75) is 6.92 Å². The van der Waals surface area contributed by atoms with E-state index in [1.807, 2.05) is 13.0 Å². The molecule has 0 radical (unpaired) electrons. The summed E-state index contributed by atoms with van der Waals surface area (Å²) in [6.07, 6.45) is 1.26. The van der Waals surface area contributed by atoms with E-state index < -0.39 is 17.8 Å². The number of nitrogens with zero attached hydrogens (tertiary/aromatic N) is 1. The highest BCUT2D eigenvalue weighted by atomic mass is 16.7. The molecule has 0 unspecified atom stereocenters. The highest BCUT2D eigenvalue weighted by Gasteiger charge is 2.39. The predicted molar refractivity (Wildman–Crippen MR) is 83.3 cm³/mol. The Morgan fingerprint density at radius 1 is 1.00 bits per heavy atom. The van der Waals surface area contributed by atoms with Crippen molar-refractivity contribution >= 4 is 28.8 Å². The maximum Gasteiger partial charge on any atom is 0.367 e. The highest BCUT2D eigenvalue weighted by Crippen LogP contribution is 2.27. The zero-order chi connectivity index (χ0) is 16.8.